The van der Waals surface area contributed by atoms with Crippen molar-refractivity contribution in [3.8, 4) is 0 Å². The van der Waals surface area contributed by atoms with Crippen molar-refractivity contribution in [3.05, 3.63) is 59.7 Å². The highest BCUT2D eigenvalue weighted by molar-refractivity contribution is 6.04. The van der Waals surface area contributed by atoms with Crippen LogP contribution in [-0.4, -0.2) is 57.9 Å². The Balaban J connectivity index is 1.53. The predicted molar refractivity (Wildman–Crippen MR) is 106 cm³/mol. The van der Waals surface area contributed by atoms with E-state index >= 15 is 0 Å². The molecule has 0 saturated carbocycles. The number of nitrogens with one attached hydrogen (secondary N) is 1. The van der Waals surface area contributed by atoms with Crippen LogP contribution in [0.4, 0.5) is 11.4 Å². The van der Waals surface area contributed by atoms with E-state index in [4.69, 9.17) is 9.47 Å². The summed E-state index contributed by atoms with van der Waals surface area (Å²) in [7, 11) is 1.22. The molecule has 2 aromatic carbocycles. The first-order chi connectivity index (χ1) is 14.1. The Labute approximate surface area is 168 Å². The average Bonchev–Trinajstić information content (AvgIpc) is 2.78. The Hall–Kier alpha value is -3.39. The Morgan fingerprint density at radius 2 is 1.59 bits per heavy atom. The lowest BCUT2D eigenvalue weighted by Crippen LogP contribution is -2.36. The van der Waals surface area contributed by atoms with Crippen LogP contribution >= 0.6 is 0 Å². The molecule has 1 heterocycles. The summed E-state index contributed by atoms with van der Waals surface area (Å²) in [4.78, 5) is 38.3. The molecule has 1 N–H and O–H groups in total. The number of esters is 2. The van der Waals surface area contributed by atoms with Gasteiger partial charge in [0.15, 0.2) is 6.61 Å². The van der Waals surface area contributed by atoms with Crippen molar-refractivity contribution < 1.29 is 28.6 Å². The Morgan fingerprint density at radius 3 is 2.21 bits per heavy atom. The van der Waals surface area contributed by atoms with Crippen LogP contribution in [-0.2, 0) is 19.0 Å². The van der Waals surface area contributed by atoms with Gasteiger partial charge in [0.2, 0.25) is 0 Å². The van der Waals surface area contributed by atoms with Crippen molar-refractivity contribution in [2.45, 2.75) is 0 Å². The van der Waals surface area contributed by atoms with E-state index in [2.05, 4.69) is 15.0 Å². The van der Waals surface area contributed by atoms with Crippen LogP contribution in [0.1, 0.15) is 20.7 Å². The first-order valence-electron chi connectivity index (χ1n) is 9.15. The van der Waals surface area contributed by atoms with E-state index in [9.17, 15) is 14.4 Å². The van der Waals surface area contributed by atoms with Crippen LogP contribution in [0, 0.1) is 0 Å². The smallest absolute Gasteiger partial charge is 0.339 e. The maximum absolute atomic E-state index is 12.2. The van der Waals surface area contributed by atoms with Crippen molar-refractivity contribution in [2.24, 2.45) is 0 Å². The number of anilines is 2. The summed E-state index contributed by atoms with van der Waals surface area (Å²) < 4.78 is 15.0. The molecule has 0 atom stereocenters. The second-order valence-corrected chi connectivity index (χ2v) is 6.31. The highest BCUT2D eigenvalue weighted by Gasteiger charge is 2.19. The Morgan fingerprint density at radius 1 is 0.966 bits per heavy atom. The number of carbonyl (C=O) groups is 3. The number of nitrogens with zero attached hydrogens (tertiary/aromatic N) is 1. The van der Waals surface area contributed by atoms with Gasteiger partial charge in [0, 0.05) is 24.5 Å². The van der Waals surface area contributed by atoms with E-state index < -0.39 is 24.5 Å². The van der Waals surface area contributed by atoms with Crippen molar-refractivity contribution in [1.82, 2.24) is 0 Å². The first kappa shape index (κ1) is 20.3. The lowest BCUT2D eigenvalue weighted by atomic mass is 10.1. The number of benzene rings is 2. The van der Waals surface area contributed by atoms with E-state index in [-0.39, 0.29) is 11.1 Å². The highest BCUT2D eigenvalue weighted by Crippen LogP contribution is 2.19. The molecule has 1 fully saturated rings. The fraction of sp³-hybridized carbons (Fsp3) is 0.286. The molecule has 8 heteroatoms. The molecule has 1 aliphatic rings. The maximum atomic E-state index is 12.2. The summed E-state index contributed by atoms with van der Waals surface area (Å²) in [6.07, 6.45) is 0. The van der Waals surface area contributed by atoms with Gasteiger partial charge in [-0.3, -0.25) is 4.79 Å². The van der Waals surface area contributed by atoms with Crippen molar-refractivity contribution >= 4 is 29.2 Å². The number of rotatable bonds is 6. The maximum Gasteiger partial charge on any atom is 0.339 e. The van der Waals surface area contributed by atoms with Crippen LogP contribution in [0.25, 0.3) is 0 Å². The normalized spacial score (nSPS) is 13.5. The van der Waals surface area contributed by atoms with Gasteiger partial charge in [-0.1, -0.05) is 12.1 Å². The van der Waals surface area contributed by atoms with Crippen LogP contribution < -0.4 is 10.2 Å². The number of hydrogen-bond donors (Lipinski definition) is 1. The minimum atomic E-state index is -0.774. The van der Waals surface area contributed by atoms with Gasteiger partial charge in [-0.2, -0.15) is 0 Å². The Bertz CT molecular complexity index is 875. The van der Waals surface area contributed by atoms with Crippen molar-refractivity contribution in [3.63, 3.8) is 0 Å². The van der Waals surface area contributed by atoms with Crippen molar-refractivity contribution in [2.75, 3.05) is 50.2 Å². The predicted octanol–water partition coefficient (Wildman–Crippen LogP) is 2.11. The molecule has 152 valence electrons. The second kappa shape index (κ2) is 9.70. The topological polar surface area (TPSA) is 94.2 Å². The largest absolute Gasteiger partial charge is 0.465 e. The summed E-state index contributed by atoms with van der Waals surface area (Å²) in [5.41, 5.74) is 1.77. The summed E-state index contributed by atoms with van der Waals surface area (Å²) in [5.74, 6) is -1.90. The third-order valence-corrected chi connectivity index (χ3v) is 4.41. The number of amides is 1. The standard InChI is InChI=1S/C21H22N2O6/c1-27-20(25)17-4-2-3-5-18(17)21(26)29-14-19(24)22-15-6-8-16(9-7-15)23-10-12-28-13-11-23/h2-9H,10-14H2,1H3,(H,22,24). The first-order valence-corrected chi connectivity index (χ1v) is 9.15. The monoisotopic (exact) mass is 398 g/mol. The molecular formula is C21H22N2O6. The summed E-state index contributed by atoms with van der Waals surface area (Å²) in [5, 5.41) is 2.68. The summed E-state index contributed by atoms with van der Waals surface area (Å²) in [6, 6.07) is 13.5. The number of carbonyl (C=O) groups excluding carboxylic acids is 3. The molecule has 0 aromatic heterocycles. The van der Waals surface area contributed by atoms with Crippen LogP contribution in [0.5, 0.6) is 0 Å². The molecule has 0 bridgehead atoms. The third-order valence-electron chi connectivity index (χ3n) is 4.41. The molecule has 0 unspecified atom stereocenters. The van der Waals surface area contributed by atoms with E-state index in [1.165, 1.54) is 19.2 Å². The molecule has 1 aliphatic heterocycles. The Kier molecular flexibility index (Phi) is 6.80. The molecule has 3 rings (SSSR count). The molecule has 0 spiro atoms. The molecule has 1 amide bonds. The lowest BCUT2D eigenvalue weighted by Gasteiger charge is -2.28. The van der Waals surface area contributed by atoms with Gasteiger partial charge >= 0.3 is 11.9 Å². The minimum Gasteiger partial charge on any atom is -0.465 e. The molecule has 0 aliphatic carbocycles. The lowest BCUT2D eigenvalue weighted by molar-refractivity contribution is -0.119. The number of methoxy groups -OCH3 is 1. The van der Waals surface area contributed by atoms with Crippen molar-refractivity contribution in [1.29, 1.82) is 0 Å². The van der Waals surface area contributed by atoms with Gasteiger partial charge < -0.3 is 24.4 Å². The molecule has 29 heavy (non-hydrogen) atoms. The molecule has 2 aromatic rings. The van der Waals surface area contributed by atoms with Gasteiger partial charge in [0.25, 0.3) is 5.91 Å². The molecule has 0 radical (unpaired) electrons. The van der Waals surface area contributed by atoms with E-state index in [0.29, 0.717) is 18.9 Å². The number of morpholine rings is 1. The fourth-order valence-electron chi connectivity index (χ4n) is 2.93. The SMILES string of the molecule is COC(=O)c1ccccc1C(=O)OCC(=O)Nc1ccc(N2CCOCC2)cc1. The average molecular weight is 398 g/mol. The zero-order valence-electron chi connectivity index (χ0n) is 16.1. The van der Waals surface area contributed by atoms with Crippen LogP contribution in [0.3, 0.4) is 0 Å². The quantitative estimate of drug-likeness (QED) is 0.745. The molecule has 1 saturated heterocycles. The fourth-order valence-corrected chi connectivity index (χ4v) is 2.93. The van der Waals surface area contributed by atoms with Gasteiger partial charge in [0.05, 0.1) is 31.5 Å². The van der Waals surface area contributed by atoms with Crippen LogP contribution in [0.2, 0.25) is 0 Å². The zero-order valence-corrected chi connectivity index (χ0v) is 16.1. The van der Waals surface area contributed by atoms with Gasteiger partial charge in [-0.05, 0) is 36.4 Å². The van der Waals surface area contributed by atoms with E-state index in [0.717, 1.165) is 18.8 Å². The molecular weight excluding hydrogens is 376 g/mol. The minimum absolute atomic E-state index is 0.0435. The highest BCUT2D eigenvalue weighted by atomic mass is 16.5. The van der Waals surface area contributed by atoms with Gasteiger partial charge in [-0.25, -0.2) is 9.59 Å². The van der Waals surface area contributed by atoms with E-state index in [1.807, 2.05) is 12.1 Å². The summed E-state index contributed by atoms with van der Waals surface area (Å²) >= 11 is 0. The zero-order chi connectivity index (χ0) is 20.6. The third kappa shape index (κ3) is 5.32. The number of ether oxygens (including phenoxy) is 3. The van der Waals surface area contributed by atoms with Gasteiger partial charge in [0.1, 0.15) is 0 Å². The number of hydrogen-bond acceptors (Lipinski definition) is 7. The van der Waals surface area contributed by atoms with Gasteiger partial charge in [-0.15, -0.1) is 0 Å². The molecule has 8 nitrogen and oxygen atoms in total. The van der Waals surface area contributed by atoms with E-state index in [1.54, 1.807) is 24.3 Å². The summed E-state index contributed by atoms with van der Waals surface area (Å²) in [6.45, 7) is 2.58. The second-order valence-electron chi connectivity index (χ2n) is 6.31. The van der Waals surface area contributed by atoms with Crippen LogP contribution in [0.15, 0.2) is 48.5 Å².